The number of rotatable bonds is 3. The van der Waals surface area contributed by atoms with Crippen LogP contribution in [-0.2, 0) is 6.54 Å². The molecule has 2 aromatic rings. The molecule has 0 spiro atoms. The lowest BCUT2D eigenvalue weighted by Crippen LogP contribution is -2.10. The quantitative estimate of drug-likeness (QED) is 0.892. The second-order valence-electron chi connectivity index (χ2n) is 5.50. The Balaban J connectivity index is 2.14. The highest BCUT2D eigenvalue weighted by Gasteiger charge is 2.23. The summed E-state index contributed by atoms with van der Waals surface area (Å²) in [7, 11) is 0. The van der Waals surface area contributed by atoms with Crippen molar-refractivity contribution in [3.63, 3.8) is 0 Å². The zero-order chi connectivity index (χ0) is 13.2. The van der Waals surface area contributed by atoms with Crippen LogP contribution in [0.4, 0.5) is 0 Å². The van der Waals surface area contributed by atoms with Crippen LogP contribution < -0.4 is 5.73 Å². The minimum absolute atomic E-state index is 0.682. The van der Waals surface area contributed by atoms with Gasteiger partial charge in [0.2, 0.25) is 0 Å². The fourth-order valence-electron chi connectivity index (χ4n) is 3.43. The van der Waals surface area contributed by atoms with E-state index in [0.717, 1.165) is 6.54 Å². The average Bonchev–Trinajstić information content (AvgIpc) is 2.73. The van der Waals surface area contributed by atoms with Crippen molar-refractivity contribution in [2.24, 2.45) is 5.73 Å². The van der Waals surface area contributed by atoms with Gasteiger partial charge in [-0.05, 0) is 46.3 Å². The summed E-state index contributed by atoms with van der Waals surface area (Å²) in [5.41, 5.74) is 8.60. The molecule has 0 amide bonds. The van der Waals surface area contributed by atoms with Crippen molar-refractivity contribution in [3.05, 3.63) is 34.4 Å². The fourth-order valence-corrected chi connectivity index (χ4v) is 4.33. The van der Waals surface area contributed by atoms with Gasteiger partial charge in [-0.25, -0.2) is 0 Å². The maximum absolute atomic E-state index is 5.77. The van der Waals surface area contributed by atoms with Crippen molar-refractivity contribution in [1.82, 2.24) is 4.57 Å². The van der Waals surface area contributed by atoms with Crippen LogP contribution in [-0.4, -0.2) is 11.1 Å². The fraction of sp³-hybridized carbons (Fsp3) is 0.500. The topological polar surface area (TPSA) is 30.9 Å². The van der Waals surface area contributed by atoms with E-state index in [2.05, 4.69) is 44.8 Å². The van der Waals surface area contributed by atoms with Crippen molar-refractivity contribution in [1.29, 1.82) is 0 Å². The Hall–Kier alpha value is -0.800. The second-order valence-corrected chi connectivity index (χ2v) is 6.25. The van der Waals surface area contributed by atoms with Gasteiger partial charge in [0.1, 0.15) is 0 Å². The molecule has 1 fully saturated rings. The van der Waals surface area contributed by atoms with Gasteiger partial charge < -0.3 is 10.3 Å². The van der Waals surface area contributed by atoms with Crippen LogP contribution >= 0.6 is 15.9 Å². The van der Waals surface area contributed by atoms with Crippen molar-refractivity contribution in [2.45, 2.75) is 44.6 Å². The number of fused-ring (bicyclic) bond motifs is 1. The van der Waals surface area contributed by atoms with E-state index >= 15 is 0 Å². The van der Waals surface area contributed by atoms with Crippen LogP contribution in [0.3, 0.4) is 0 Å². The molecule has 0 aliphatic heterocycles. The number of para-hydroxylation sites is 1. The molecule has 2 N–H and O–H groups in total. The molecule has 19 heavy (non-hydrogen) atoms. The molecule has 1 aromatic carbocycles. The van der Waals surface area contributed by atoms with Crippen molar-refractivity contribution in [2.75, 3.05) is 6.54 Å². The van der Waals surface area contributed by atoms with Crippen LogP contribution in [0.25, 0.3) is 10.9 Å². The van der Waals surface area contributed by atoms with E-state index in [4.69, 9.17) is 5.73 Å². The normalized spacial score (nSPS) is 17.2. The van der Waals surface area contributed by atoms with Crippen LogP contribution in [0, 0.1) is 0 Å². The lowest BCUT2D eigenvalue weighted by Gasteiger charge is -2.22. The zero-order valence-electron chi connectivity index (χ0n) is 11.2. The highest BCUT2D eigenvalue weighted by atomic mass is 79.9. The summed E-state index contributed by atoms with van der Waals surface area (Å²) >= 11 is 3.84. The van der Waals surface area contributed by atoms with Gasteiger partial charge in [-0.1, -0.05) is 37.5 Å². The molecular weight excluding hydrogens is 300 g/mol. The van der Waals surface area contributed by atoms with Crippen molar-refractivity contribution in [3.8, 4) is 0 Å². The summed E-state index contributed by atoms with van der Waals surface area (Å²) in [4.78, 5) is 0. The molecule has 3 rings (SSSR count). The van der Waals surface area contributed by atoms with Gasteiger partial charge >= 0.3 is 0 Å². The first-order valence-electron chi connectivity index (χ1n) is 7.29. The monoisotopic (exact) mass is 320 g/mol. The Labute approximate surface area is 123 Å². The molecule has 0 unspecified atom stereocenters. The lowest BCUT2D eigenvalue weighted by atomic mass is 9.84. The van der Waals surface area contributed by atoms with E-state index < -0.39 is 0 Å². The van der Waals surface area contributed by atoms with E-state index in [1.165, 1.54) is 53.2 Å². The van der Waals surface area contributed by atoms with Gasteiger partial charge in [0.15, 0.2) is 0 Å². The number of aromatic nitrogens is 1. The molecule has 0 radical (unpaired) electrons. The van der Waals surface area contributed by atoms with E-state index in [1.54, 1.807) is 0 Å². The van der Waals surface area contributed by atoms with Gasteiger partial charge in [0.05, 0.1) is 4.60 Å². The Bertz CT molecular complexity index is 567. The Morgan fingerprint density at radius 1 is 1.16 bits per heavy atom. The molecule has 1 saturated carbocycles. The Morgan fingerprint density at radius 3 is 2.63 bits per heavy atom. The number of nitrogens with two attached hydrogens (primary N) is 1. The maximum Gasteiger partial charge on any atom is 0.0893 e. The number of hydrogen-bond donors (Lipinski definition) is 1. The smallest absolute Gasteiger partial charge is 0.0893 e. The first kappa shape index (κ1) is 13.2. The minimum Gasteiger partial charge on any atom is -0.334 e. The van der Waals surface area contributed by atoms with Crippen molar-refractivity contribution >= 4 is 26.8 Å². The molecule has 1 aromatic heterocycles. The predicted octanol–water partition coefficient (Wildman–Crippen LogP) is 4.41. The summed E-state index contributed by atoms with van der Waals surface area (Å²) in [6.07, 6.45) is 6.79. The molecule has 1 aliphatic rings. The third kappa shape index (κ3) is 2.34. The standard InChI is InChI=1S/C16H21BrN2/c17-16-15(12-6-2-1-3-7-12)13-8-4-5-9-14(13)19(16)11-10-18/h4-5,8-9,12H,1-3,6-7,10-11,18H2. The number of halogens is 1. The zero-order valence-corrected chi connectivity index (χ0v) is 12.8. The summed E-state index contributed by atoms with van der Waals surface area (Å²) in [5, 5.41) is 1.41. The van der Waals surface area contributed by atoms with Crippen LogP contribution in [0.1, 0.15) is 43.6 Å². The largest absolute Gasteiger partial charge is 0.334 e. The third-order valence-electron chi connectivity index (χ3n) is 4.31. The number of benzene rings is 1. The average molecular weight is 321 g/mol. The molecule has 1 heterocycles. The SMILES string of the molecule is NCCn1c(Br)c(C2CCCCC2)c2ccccc21. The molecule has 0 atom stereocenters. The molecule has 102 valence electrons. The molecular formula is C16H21BrN2. The van der Waals surface area contributed by atoms with Gasteiger partial charge in [-0.2, -0.15) is 0 Å². The van der Waals surface area contributed by atoms with Crippen LogP contribution in [0.5, 0.6) is 0 Å². The molecule has 0 bridgehead atoms. The van der Waals surface area contributed by atoms with Gasteiger partial charge in [-0.15, -0.1) is 0 Å². The number of hydrogen-bond acceptors (Lipinski definition) is 1. The maximum atomic E-state index is 5.77. The summed E-state index contributed by atoms with van der Waals surface area (Å²) in [5.74, 6) is 0.715. The van der Waals surface area contributed by atoms with E-state index in [9.17, 15) is 0 Å². The van der Waals surface area contributed by atoms with Gasteiger partial charge in [0, 0.05) is 24.0 Å². The van der Waals surface area contributed by atoms with Crippen molar-refractivity contribution < 1.29 is 0 Å². The molecule has 2 nitrogen and oxygen atoms in total. The third-order valence-corrected chi connectivity index (χ3v) is 5.17. The first-order valence-corrected chi connectivity index (χ1v) is 8.09. The lowest BCUT2D eigenvalue weighted by molar-refractivity contribution is 0.443. The molecule has 1 aliphatic carbocycles. The minimum atomic E-state index is 0.682. The van der Waals surface area contributed by atoms with Crippen LogP contribution in [0.2, 0.25) is 0 Å². The highest BCUT2D eigenvalue weighted by molar-refractivity contribution is 9.10. The summed E-state index contributed by atoms with van der Waals surface area (Å²) in [6.45, 7) is 1.56. The van der Waals surface area contributed by atoms with E-state index in [-0.39, 0.29) is 0 Å². The molecule has 3 heteroatoms. The first-order chi connectivity index (χ1) is 9.33. The van der Waals surface area contributed by atoms with Gasteiger partial charge in [0.25, 0.3) is 0 Å². The molecule has 0 saturated heterocycles. The Morgan fingerprint density at radius 2 is 1.89 bits per heavy atom. The van der Waals surface area contributed by atoms with Gasteiger partial charge in [-0.3, -0.25) is 0 Å². The highest BCUT2D eigenvalue weighted by Crippen LogP contribution is 2.42. The van der Waals surface area contributed by atoms with Crippen LogP contribution in [0.15, 0.2) is 28.9 Å². The summed E-state index contributed by atoms with van der Waals surface area (Å²) < 4.78 is 3.59. The van der Waals surface area contributed by atoms with E-state index in [0.29, 0.717) is 12.5 Å². The Kier molecular flexibility index (Phi) is 3.94. The van der Waals surface area contributed by atoms with E-state index in [1.807, 2.05) is 0 Å². The predicted molar refractivity (Wildman–Crippen MR) is 84.5 cm³/mol. The second kappa shape index (κ2) is 5.68. The summed E-state index contributed by atoms with van der Waals surface area (Å²) in [6, 6.07) is 8.74. The number of nitrogens with zero attached hydrogens (tertiary/aromatic N) is 1.